The molecule has 1 atom stereocenters. The Morgan fingerprint density at radius 2 is 1.76 bits per heavy atom. The molecular weight excluding hydrogens is 364 g/mol. The van der Waals surface area contributed by atoms with Crippen molar-refractivity contribution in [3.05, 3.63) is 59.9 Å². The van der Waals surface area contributed by atoms with Crippen molar-refractivity contribution in [1.29, 1.82) is 0 Å². The van der Waals surface area contributed by atoms with Crippen molar-refractivity contribution in [3.63, 3.8) is 0 Å². The second kappa shape index (κ2) is 8.72. The molecule has 0 aliphatic carbocycles. The maximum atomic E-state index is 6.12. The third-order valence-corrected chi connectivity index (χ3v) is 5.23. The Hall–Kier alpha value is -2.76. The van der Waals surface area contributed by atoms with Gasteiger partial charge in [-0.1, -0.05) is 18.2 Å². The van der Waals surface area contributed by atoms with Crippen molar-refractivity contribution in [2.75, 3.05) is 45.3 Å². The molecule has 5 nitrogen and oxygen atoms in total. The van der Waals surface area contributed by atoms with E-state index in [0.29, 0.717) is 0 Å². The molecule has 0 radical (unpaired) electrons. The van der Waals surface area contributed by atoms with Crippen LogP contribution in [0, 0.1) is 0 Å². The number of fused-ring (bicyclic) bond motifs is 1. The molecule has 2 aromatic carbocycles. The van der Waals surface area contributed by atoms with Crippen LogP contribution < -0.4 is 9.64 Å². The molecule has 1 fully saturated rings. The molecule has 1 unspecified atom stereocenters. The lowest BCUT2D eigenvalue weighted by atomic mass is 10.1. The van der Waals surface area contributed by atoms with E-state index in [2.05, 4.69) is 53.1 Å². The van der Waals surface area contributed by atoms with Gasteiger partial charge in [0.15, 0.2) is 0 Å². The summed E-state index contributed by atoms with van der Waals surface area (Å²) in [5, 5.41) is 1.07. The summed E-state index contributed by atoms with van der Waals surface area (Å²) in [6, 6.07) is 16.5. The highest BCUT2D eigenvalue weighted by Gasteiger charge is 2.18. The van der Waals surface area contributed by atoms with Gasteiger partial charge in [-0.15, -0.1) is 0 Å². The quantitative estimate of drug-likeness (QED) is 0.607. The van der Waals surface area contributed by atoms with Crippen molar-refractivity contribution in [2.24, 2.45) is 0 Å². The fourth-order valence-corrected chi connectivity index (χ4v) is 3.46. The Labute approximate surface area is 172 Å². The fraction of sp³-hybridized carbons (Fsp3) is 0.333. The predicted octanol–water partition coefficient (Wildman–Crippen LogP) is 4.73. The molecule has 5 heteroatoms. The van der Waals surface area contributed by atoms with E-state index in [9.17, 15) is 0 Å². The lowest BCUT2D eigenvalue weighted by Gasteiger charge is -2.32. The van der Waals surface area contributed by atoms with E-state index >= 15 is 0 Å². The third-order valence-electron chi connectivity index (χ3n) is 5.23. The highest BCUT2D eigenvalue weighted by Crippen LogP contribution is 2.26. The molecule has 0 saturated carbocycles. The second-order valence-electron chi connectivity index (χ2n) is 7.53. The lowest BCUT2D eigenvalue weighted by Crippen LogP contribution is -2.44. The zero-order valence-corrected chi connectivity index (χ0v) is 17.3. The monoisotopic (exact) mass is 392 g/mol. The van der Waals surface area contributed by atoms with E-state index < -0.39 is 0 Å². The summed E-state index contributed by atoms with van der Waals surface area (Å²) in [6.45, 7) is 5.40. The van der Waals surface area contributed by atoms with Gasteiger partial charge >= 0.3 is 0 Å². The zero-order valence-electron chi connectivity index (χ0n) is 17.3. The number of anilines is 1. The fourth-order valence-electron chi connectivity index (χ4n) is 3.46. The van der Waals surface area contributed by atoms with E-state index in [1.807, 2.05) is 38.4 Å². The molecule has 152 valence electrons. The Bertz CT molecular complexity index is 969. The molecule has 0 amide bonds. The first-order valence-electron chi connectivity index (χ1n) is 10.1. The van der Waals surface area contributed by atoms with Gasteiger partial charge in [-0.05, 0) is 48.9 Å². The molecule has 1 aliphatic heterocycles. The Kier molecular flexibility index (Phi) is 5.88. The van der Waals surface area contributed by atoms with Gasteiger partial charge in [-0.2, -0.15) is 0 Å². The average Bonchev–Trinajstić information content (AvgIpc) is 3.15. The number of benzene rings is 2. The molecule has 1 saturated heterocycles. The maximum Gasteiger partial charge on any atom is 0.149 e. The summed E-state index contributed by atoms with van der Waals surface area (Å²) in [4.78, 5) is 4.37. The molecule has 0 spiro atoms. The van der Waals surface area contributed by atoms with E-state index in [1.54, 1.807) is 0 Å². The summed E-state index contributed by atoms with van der Waals surface area (Å²) < 4.78 is 17.5. The van der Waals surface area contributed by atoms with Gasteiger partial charge in [0.1, 0.15) is 23.3 Å². The summed E-state index contributed by atoms with van der Waals surface area (Å²) >= 11 is 0. The number of morpholine rings is 1. The Morgan fingerprint density at radius 3 is 2.48 bits per heavy atom. The van der Waals surface area contributed by atoms with Crippen LogP contribution in [0.4, 0.5) is 5.69 Å². The molecule has 1 aliphatic rings. The number of furan rings is 1. The Balaban J connectivity index is 1.45. The minimum absolute atomic E-state index is 0.0100. The maximum absolute atomic E-state index is 6.12. The van der Waals surface area contributed by atoms with Crippen molar-refractivity contribution in [1.82, 2.24) is 4.90 Å². The van der Waals surface area contributed by atoms with Crippen molar-refractivity contribution in [3.8, 4) is 5.75 Å². The highest BCUT2D eigenvalue weighted by atomic mass is 16.5. The minimum atomic E-state index is 0.0100. The smallest absolute Gasteiger partial charge is 0.149 e. The minimum Gasteiger partial charge on any atom is -0.475 e. The van der Waals surface area contributed by atoms with Gasteiger partial charge in [-0.25, -0.2) is 0 Å². The van der Waals surface area contributed by atoms with Crippen molar-refractivity contribution in [2.45, 2.75) is 13.2 Å². The summed E-state index contributed by atoms with van der Waals surface area (Å²) in [7, 11) is 4.08. The van der Waals surface area contributed by atoms with Crippen LogP contribution in [0.15, 0.2) is 52.9 Å². The predicted molar refractivity (Wildman–Crippen MR) is 118 cm³/mol. The van der Waals surface area contributed by atoms with Crippen LogP contribution in [0.1, 0.15) is 18.2 Å². The zero-order chi connectivity index (χ0) is 20.2. The summed E-state index contributed by atoms with van der Waals surface area (Å²) in [5.74, 6) is 1.65. The molecule has 29 heavy (non-hydrogen) atoms. The van der Waals surface area contributed by atoms with Crippen LogP contribution in [0.3, 0.4) is 0 Å². The van der Waals surface area contributed by atoms with Gasteiger partial charge < -0.3 is 18.8 Å². The van der Waals surface area contributed by atoms with E-state index in [0.717, 1.165) is 54.3 Å². The first kappa shape index (κ1) is 19.6. The van der Waals surface area contributed by atoms with E-state index in [-0.39, 0.29) is 6.23 Å². The third kappa shape index (κ3) is 4.81. The molecular formula is C24H28N2O3. The topological polar surface area (TPSA) is 38.1 Å². The molecule has 3 aromatic rings. The van der Waals surface area contributed by atoms with Crippen LogP contribution in [-0.4, -0.2) is 51.5 Å². The largest absolute Gasteiger partial charge is 0.475 e. The average molecular weight is 392 g/mol. The van der Waals surface area contributed by atoms with E-state index in [1.165, 1.54) is 5.69 Å². The molecule has 4 rings (SSSR count). The van der Waals surface area contributed by atoms with Gasteiger partial charge in [0, 0.05) is 44.3 Å². The molecule has 1 aromatic heterocycles. The van der Waals surface area contributed by atoms with Gasteiger partial charge in [0.25, 0.3) is 0 Å². The number of nitrogens with zero attached hydrogens (tertiary/aromatic N) is 2. The van der Waals surface area contributed by atoms with Crippen molar-refractivity contribution < 1.29 is 13.9 Å². The molecule has 2 heterocycles. The van der Waals surface area contributed by atoms with Crippen molar-refractivity contribution >= 4 is 28.8 Å². The van der Waals surface area contributed by atoms with Crippen LogP contribution >= 0.6 is 0 Å². The molecule has 0 bridgehead atoms. The van der Waals surface area contributed by atoms with Gasteiger partial charge in [0.05, 0.1) is 13.2 Å². The summed E-state index contributed by atoms with van der Waals surface area (Å²) in [6.07, 6.45) is 4.08. The Morgan fingerprint density at radius 1 is 1.00 bits per heavy atom. The normalized spacial score (nSPS) is 16.4. The van der Waals surface area contributed by atoms with Crippen LogP contribution in [0.5, 0.6) is 5.75 Å². The SMILES string of the molecule is CC(Oc1ccc2cc(/C=C/c3ccc(N(C)C)cc3)oc2c1)N1CCOCC1. The number of ether oxygens (including phenoxy) is 2. The van der Waals surface area contributed by atoms with Crippen LogP contribution in [0.25, 0.3) is 23.1 Å². The lowest BCUT2D eigenvalue weighted by molar-refractivity contribution is -0.0372. The number of hydrogen-bond donors (Lipinski definition) is 0. The van der Waals surface area contributed by atoms with Gasteiger partial charge in [0.2, 0.25) is 0 Å². The van der Waals surface area contributed by atoms with Crippen LogP contribution in [0.2, 0.25) is 0 Å². The first-order chi connectivity index (χ1) is 14.1. The van der Waals surface area contributed by atoms with Crippen LogP contribution in [-0.2, 0) is 4.74 Å². The second-order valence-corrected chi connectivity index (χ2v) is 7.53. The molecule has 0 N–H and O–H groups in total. The number of rotatable bonds is 6. The first-order valence-corrected chi connectivity index (χ1v) is 10.1. The van der Waals surface area contributed by atoms with Gasteiger partial charge in [-0.3, -0.25) is 4.90 Å². The summed E-state index contributed by atoms with van der Waals surface area (Å²) in [5.41, 5.74) is 3.16. The number of hydrogen-bond acceptors (Lipinski definition) is 5. The highest BCUT2D eigenvalue weighted by molar-refractivity contribution is 5.83. The van der Waals surface area contributed by atoms with E-state index in [4.69, 9.17) is 13.9 Å². The standard InChI is InChI=1S/C24H28N2O3/c1-18(26-12-14-27-15-13-26)28-23-11-7-20-16-22(29-24(20)17-23)10-6-19-4-8-21(9-5-19)25(2)3/h4-11,16-18H,12-15H2,1-3H3/b10-6+.